The Morgan fingerprint density at radius 2 is 1.88 bits per heavy atom. The number of hydrogen-bond donors (Lipinski definition) is 1. The third kappa shape index (κ3) is 5.46. The summed E-state index contributed by atoms with van der Waals surface area (Å²) in [6.07, 6.45) is 0.225. The van der Waals surface area contributed by atoms with Gasteiger partial charge in [0, 0.05) is 13.6 Å². The van der Waals surface area contributed by atoms with Crippen molar-refractivity contribution in [3.05, 3.63) is 35.9 Å². The Balaban J connectivity index is 2.48. The van der Waals surface area contributed by atoms with Crippen molar-refractivity contribution in [1.82, 2.24) is 4.90 Å². The Labute approximate surface area is 101 Å². The summed E-state index contributed by atoms with van der Waals surface area (Å²) < 4.78 is 29.6. The molecule has 0 spiro atoms. The van der Waals surface area contributed by atoms with Gasteiger partial charge in [-0.3, -0.25) is 9.35 Å². The van der Waals surface area contributed by atoms with Crippen LogP contribution in [-0.2, 0) is 21.3 Å². The van der Waals surface area contributed by atoms with Crippen LogP contribution in [0.25, 0.3) is 0 Å². The van der Waals surface area contributed by atoms with Crippen molar-refractivity contribution in [2.45, 2.75) is 6.42 Å². The molecule has 0 saturated heterocycles. The van der Waals surface area contributed by atoms with Crippen LogP contribution in [0.4, 0.5) is 0 Å². The van der Waals surface area contributed by atoms with Crippen molar-refractivity contribution in [2.24, 2.45) is 0 Å². The van der Waals surface area contributed by atoms with Crippen LogP contribution in [0, 0.1) is 0 Å². The number of benzene rings is 1. The largest absolute Gasteiger partial charge is 0.344 e. The Morgan fingerprint density at radius 1 is 1.29 bits per heavy atom. The molecule has 17 heavy (non-hydrogen) atoms. The van der Waals surface area contributed by atoms with E-state index in [4.69, 9.17) is 4.55 Å². The lowest BCUT2D eigenvalue weighted by Crippen LogP contribution is -2.32. The Morgan fingerprint density at radius 3 is 2.41 bits per heavy atom. The zero-order valence-electron chi connectivity index (χ0n) is 9.54. The molecule has 0 saturated carbocycles. The fourth-order valence-electron chi connectivity index (χ4n) is 1.28. The topological polar surface area (TPSA) is 74.7 Å². The van der Waals surface area contributed by atoms with Gasteiger partial charge in [-0.2, -0.15) is 8.42 Å². The van der Waals surface area contributed by atoms with Crippen molar-refractivity contribution >= 4 is 16.0 Å². The van der Waals surface area contributed by atoms with Crippen molar-refractivity contribution in [3.63, 3.8) is 0 Å². The minimum atomic E-state index is -4.02. The molecule has 0 fully saturated rings. The summed E-state index contributed by atoms with van der Waals surface area (Å²) >= 11 is 0. The molecule has 0 aliphatic heterocycles. The van der Waals surface area contributed by atoms with Gasteiger partial charge >= 0.3 is 0 Å². The summed E-state index contributed by atoms with van der Waals surface area (Å²) in [4.78, 5) is 13.0. The Hall–Kier alpha value is -1.40. The van der Waals surface area contributed by atoms with Gasteiger partial charge in [-0.15, -0.1) is 0 Å². The number of amides is 1. The summed E-state index contributed by atoms with van der Waals surface area (Å²) in [5.41, 5.74) is 0.871. The fourth-order valence-corrected chi connectivity index (χ4v) is 1.79. The molecule has 1 aromatic carbocycles. The van der Waals surface area contributed by atoms with Gasteiger partial charge in [0.1, 0.15) is 0 Å². The first-order chi connectivity index (χ1) is 7.88. The summed E-state index contributed by atoms with van der Waals surface area (Å²) in [5.74, 6) is -0.621. The number of carbonyl (C=O) groups is 1. The molecule has 1 N–H and O–H groups in total. The van der Waals surface area contributed by atoms with E-state index in [-0.39, 0.29) is 18.9 Å². The highest BCUT2D eigenvalue weighted by molar-refractivity contribution is 7.85. The maximum atomic E-state index is 11.7. The number of rotatable bonds is 5. The zero-order valence-corrected chi connectivity index (χ0v) is 10.4. The molecule has 1 amide bonds. The van der Waals surface area contributed by atoms with Crippen LogP contribution in [0.15, 0.2) is 30.3 Å². The molecule has 1 rings (SSSR count). The van der Waals surface area contributed by atoms with E-state index in [2.05, 4.69) is 0 Å². The van der Waals surface area contributed by atoms with Crippen LogP contribution in [0.5, 0.6) is 0 Å². The second-order valence-electron chi connectivity index (χ2n) is 3.76. The molecule has 6 heteroatoms. The third-order valence-corrected chi connectivity index (χ3v) is 3.01. The lowest BCUT2D eigenvalue weighted by molar-refractivity contribution is -0.128. The maximum absolute atomic E-state index is 11.7. The first-order valence-electron chi connectivity index (χ1n) is 5.11. The molecule has 94 valence electrons. The van der Waals surface area contributed by atoms with Gasteiger partial charge in [0.25, 0.3) is 10.1 Å². The molecular formula is C11H15NO4S. The minimum Gasteiger partial charge on any atom is -0.344 e. The average molecular weight is 257 g/mol. The second-order valence-corrected chi connectivity index (χ2v) is 5.34. The number of nitrogens with zero attached hydrogens (tertiary/aromatic N) is 1. The highest BCUT2D eigenvalue weighted by Crippen LogP contribution is 2.02. The second kappa shape index (κ2) is 5.79. The van der Waals surface area contributed by atoms with Crippen LogP contribution in [0.1, 0.15) is 5.56 Å². The predicted molar refractivity (Wildman–Crippen MR) is 64.2 cm³/mol. The fraction of sp³-hybridized carbons (Fsp3) is 0.364. The first kappa shape index (κ1) is 13.7. The van der Waals surface area contributed by atoms with E-state index >= 15 is 0 Å². The molecule has 0 bridgehead atoms. The van der Waals surface area contributed by atoms with Gasteiger partial charge in [0.15, 0.2) is 0 Å². The normalized spacial score (nSPS) is 11.2. The predicted octanol–water partition coefficient (Wildman–Crippen LogP) is 0.575. The average Bonchev–Trinajstić information content (AvgIpc) is 2.26. The highest BCUT2D eigenvalue weighted by atomic mass is 32.2. The SMILES string of the molecule is CN(CCS(=O)(=O)O)C(=O)Cc1ccccc1. The molecule has 0 heterocycles. The summed E-state index contributed by atoms with van der Waals surface area (Å²) in [6.45, 7) is -0.00942. The summed E-state index contributed by atoms with van der Waals surface area (Å²) in [7, 11) is -2.51. The van der Waals surface area contributed by atoms with E-state index in [0.29, 0.717) is 0 Å². The quantitative estimate of drug-likeness (QED) is 0.783. The Kier molecular flexibility index (Phi) is 4.65. The van der Waals surface area contributed by atoms with Gasteiger partial charge in [0.2, 0.25) is 5.91 Å². The molecular weight excluding hydrogens is 242 g/mol. The minimum absolute atomic E-state index is 0.00942. The molecule has 0 atom stereocenters. The molecule has 0 unspecified atom stereocenters. The van der Waals surface area contributed by atoms with Gasteiger partial charge in [-0.1, -0.05) is 30.3 Å². The molecule has 0 aliphatic carbocycles. The lowest BCUT2D eigenvalue weighted by atomic mass is 10.1. The van der Waals surface area contributed by atoms with Crippen LogP contribution >= 0.6 is 0 Å². The molecule has 1 aromatic rings. The van der Waals surface area contributed by atoms with E-state index in [9.17, 15) is 13.2 Å². The summed E-state index contributed by atoms with van der Waals surface area (Å²) in [6, 6.07) is 9.18. The Bertz CT molecular complexity index is 470. The monoisotopic (exact) mass is 257 g/mol. The van der Waals surface area contributed by atoms with Crippen LogP contribution in [-0.4, -0.2) is 43.1 Å². The highest BCUT2D eigenvalue weighted by Gasteiger charge is 2.12. The van der Waals surface area contributed by atoms with E-state index in [1.807, 2.05) is 30.3 Å². The van der Waals surface area contributed by atoms with Gasteiger partial charge in [-0.25, -0.2) is 0 Å². The van der Waals surface area contributed by atoms with Gasteiger partial charge < -0.3 is 4.90 Å². The standard InChI is InChI=1S/C11H15NO4S/c1-12(7-8-17(14,15)16)11(13)9-10-5-3-2-4-6-10/h2-6H,7-9H2,1H3,(H,14,15,16). The smallest absolute Gasteiger partial charge is 0.266 e. The number of carbonyl (C=O) groups excluding carboxylic acids is 1. The molecule has 0 aliphatic rings. The lowest BCUT2D eigenvalue weighted by Gasteiger charge is -2.16. The van der Waals surface area contributed by atoms with E-state index in [1.165, 1.54) is 11.9 Å². The van der Waals surface area contributed by atoms with E-state index < -0.39 is 15.9 Å². The zero-order chi connectivity index (χ0) is 12.9. The van der Waals surface area contributed by atoms with Gasteiger partial charge in [-0.05, 0) is 5.56 Å². The van der Waals surface area contributed by atoms with E-state index in [0.717, 1.165) is 5.56 Å². The number of likely N-dealkylation sites (N-methyl/N-ethyl adjacent to an activating group) is 1. The van der Waals surface area contributed by atoms with Crippen molar-refractivity contribution in [3.8, 4) is 0 Å². The van der Waals surface area contributed by atoms with Crippen LogP contribution in [0.2, 0.25) is 0 Å². The number of hydrogen-bond acceptors (Lipinski definition) is 3. The maximum Gasteiger partial charge on any atom is 0.266 e. The van der Waals surface area contributed by atoms with E-state index in [1.54, 1.807) is 0 Å². The van der Waals surface area contributed by atoms with Gasteiger partial charge in [0.05, 0.1) is 12.2 Å². The third-order valence-electron chi connectivity index (χ3n) is 2.31. The van der Waals surface area contributed by atoms with Crippen LogP contribution < -0.4 is 0 Å². The van der Waals surface area contributed by atoms with Crippen LogP contribution in [0.3, 0.4) is 0 Å². The molecule has 0 aromatic heterocycles. The first-order valence-corrected chi connectivity index (χ1v) is 6.72. The van der Waals surface area contributed by atoms with Crippen molar-refractivity contribution < 1.29 is 17.8 Å². The van der Waals surface area contributed by atoms with Crippen molar-refractivity contribution in [2.75, 3.05) is 19.3 Å². The van der Waals surface area contributed by atoms with Crippen molar-refractivity contribution in [1.29, 1.82) is 0 Å². The molecule has 5 nitrogen and oxygen atoms in total. The molecule has 0 radical (unpaired) electrons. The summed E-state index contributed by atoms with van der Waals surface area (Å²) in [5, 5.41) is 0.